The Labute approximate surface area is 120 Å². The number of hydrogen-bond donors (Lipinski definition) is 3. The van der Waals surface area contributed by atoms with Crippen molar-refractivity contribution < 1.29 is 29.0 Å². The average Bonchev–Trinajstić information content (AvgIpc) is 2.76. The molecule has 3 unspecified atom stereocenters. The minimum Gasteiger partial charge on any atom is -0.481 e. The molecule has 0 radical (unpaired) electrons. The highest BCUT2D eigenvalue weighted by Gasteiger charge is 2.48. The Hall–Kier alpha value is -2.16. The summed E-state index contributed by atoms with van der Waals surface area (Å²) >= 11 is 0. The number of piperazine rings is 1. The molecular formula is C12H17N3O6. The quantitative estimate of drug-likeness (QED) is 0.535. The summed E-state index contributed by atoms with van der Waals surface area (Å²) in [6.07, 6.45) is 0. The largest absolute Gasteiger partial charge is 0.481 e. The number of amides is 4. The fourth-order valence-corrected chi connectivity index (χ4v) is 2.28. The maximum Gasteiger partial charge on any atom is 0.318 e. The molecule has 116 valence electrons. The zero-order chi connectivity index (χ0) is 15.8. The zero-order valence-electron chi connectivity index (χ0n) is 11.7. The number of aliphatic carboxylic acids is 1. The molecule has 2 saturated heterocycles. The third-order valence-corrected chi connectivity index (χ3v) is 3.93. The number of hydrogen-bond acceptors (Lipinski definition) is 5. The fourth-order valence-electron chi connectivity index (χ4n) is 2.28. The molecule has 0 spiro atoms. The van der Waals surface area contributed by atoms with Crippen LogP contribution in [0, 0.1) is 5.41 Å². The van der Waals surface area contributed by atoms with E-state index in [1.165, 1.54) is 13.8 Å². The number of carboxylic acid groups (broad SMARTS) is 1. The Morgan fingerprint density at radius 2 is 2.14 bits per heavy atom. The number of nitrogens with zero attached hydrogens (tertiary/aromatic N) is 1. The normalized spacial score (nSPS) is 32.8. The third-order valence-electron chi connectivity index (χ3n) is 3.93. The summed E-state index contributed by atoms with van der Waals surface area (Å²) in [5.41, 5.74) is -1.24. The Morgan fingerprint density at radius 1 is 1.48 bits per heavy atom. The summed E-state index contributed by atoms with van der Waals surface area (Å²) in [4.78, 5) is 47.4. The fraction of sp³-hybridized carbons (Fsp3) is 0.667. The van der Waals surface area contributed by atoms with Crippen molar-refractivity contribution in [3.63, 3.8) is 0 Å². The van der Waals surface area contributed by atoms with Crippen molar-refractivity contribution in [2.45, 2.75) is 25.9 Å². The second kappa shape index (κ2) is 5.32. The monoisotopic (exact) mass is 299 g/mol. The lowest BCUT2D eigenvalue weighted by Gasteiger charge is -2.34. The van der Waals surface area contributed by atoms with Crippen molar-refractivity contribution in [1.82, 2.24) is 15.5 Å². The van der Waals surface area contributed by atoms with Gasteiger partial charge in [-0.2, -0.15) is 0 Å². The average molecular weight is 299 g/mol. The molecule has 3 atom stereocenters. The highest BCUT2D eigenvalue weighted by molar-refractivity contribution is 6.03. The van der Waals surface area contributed by atoms with Crippen LogP contribution in [0.4, 0.5) is 4.79 Å². The third kappa shape index (κ3) is 2.68. The van der Waals surface area contributed by atoms with Gasteiger partial charge in [-0.1, -0.05) is 0 Å². The SMILES string of the molecule is CC1C(=O)NC(=O)CN1C(=O)NC1COCC1(C)C(=O)O. The van der Waals surface area contributed by atoms with E-state index in [1.807, 2.05) is 0 Å². The molecule has 0 aromatic heterocycles. The van der Waals surface area contributed by atoms with Gasteiger partial charge in [-0.25, -0.2) is 4.79 Å². The first kappa shape index (κ1) is 15.2. The van der Waals surface area contributed by atoms with Gasteiger partial charge in [0.25, 0.3) is 0 Å². The van der Waals surface area contributed by atoms with Gasteiger partial charge in [0.05, 0.1) is 19.3 Å². The molecule has 2 aliphatic heterocycles. The van der Waals surface area contributed by atoms with Crippen LogP contribution in [0.15, 0.2) is 0 Å². The van der Waals surface area contributed by atoms with Crippen molar-refractivity contribution in [1.29, 1.82) is 0 Å². The molecule has 0 aromatic carbocycles. The van der Waals surface area contributed by atoms with Gasteiger partial charge in [-0.05, 0) is 13.8 Å². The molecule has 2 aliphatic rings. The minimum absolute atomic E-state index is 0.0117. The van der Waals surface area contributed by atoms with Gasteiger partial charge in [-0.3, -0.25) is 19.7 Å². The second-order valence-electron chi connectivity index (χ2n) is 5.46. The summed E-state index contributed by atoms with van der Waals surface area (Å²) in [6, 6.07) is -2.19. The lowest BCUT2D eigenvalue weighted by Crippen LogP contribution is -2.62. The standard InChI is InChI=1S/C12H17N3O6/c1-6-9(17)14-8(16)3-15(6)11(20)13-7-4-21-5-12(7,2)10(18)19/h6-7H,3-5H2,1-2H3,(H,13,20)(H,18,19)(H,14,16,17). The van der Waals surface area contributed by atoms with E-state index in [9.17, 15) is 24.3 Å². The van der Waals surface area contributed by atoms with Gasteiger partial charge in [0.15, 0.2) is 0 Å². The predicted molar refractivity (Wildman–Crippen MR) is 68.2 cm³/mol. The molecule has 2 rings (SSSR count). The molecule has 2 heterocycles. The van der Waals surface area contributed by atoms with Crippen LogP contribution in [-0.4, -0.2) is 65.7 Å². The molecule has 9 heteroatoms. The van der Waals surface area contributed by atoms with E-state index in [4.69, 9.17) is 4.74 Å². The van der Waals surface area contributed by atoms with E-state index < -0.39 is 41.3 Å². The molecule has 4 amide bonds. The molecule has 9 nitrogen and oxygen atoms in total. The van der Waals surface area contributed by atoms with E-state index >= 15 is 0 Å². The van der Waals surface area contributed by atoms with Crippen molar-refractivity contribution in [3.05, 3.63) is 0 Å². The van der Waals surface area contributed by atoms with Crippen LogP contribution < -0.4 is 10.6 Å². The number of nitrogens with one attached hydrogen (secondary N) is 2. The first-order valence-corrected chi connectivity index (χ1v) is 6.47. The lowest BCUT2D eigenvalue weighted by atomic mass is 9.85. The Morgan fingerprint density at radius 3 is 2.76 bits per heavy atom. The zero-order valence-corrected chi connectivity index (χ0v) is 11.7. The van der Waals surface area contributed by atoms with Gasteiger partial charge < -0.3 is 20.1 Å². The van der Waals surface area contributed by atoms with Crippen LogP contribution in [0.5, 0.6) is 0 Å². The Bertz CT molecular complexity index is 507. The molecule has 21 heavy (non-hydrogen) atoms. The van der Waals surface area contributed by atoms with E-state index in [-0.39, 0.29) is 19.8 Å². The summed E-state index contributed by atoms with van der Waals surface area (Å²) in [6.45, 7) is 2.77. The van der Waals surface area contributed by atoms with Gasteiger partial charge in [0.1, 0.15) is 18.0 Å². The first-order chi connectivity index (χ1) is 9.75. The lowest BCUT2D eigenvalue weighted by molar-refractivity contribution is -0.148. The van der Waals surface area contributed by atoms with Crippen LogP contribution >= 0.6 is 0 Å². The molecule has 0 aromatic rings. The summed E-state index contributed by atoms with van der Waals surface area (Å²) in [7, 11) is 0. The maximum atomic E-state index is 12.2. The molecule has 3 N–H and O–H groups in total. The predicted octanol–water partition coefficient (Wildman–Crippen LogP) is -1.47. The molecular weight excluding hydrogens is 282 g/mol. The van der Waals surface area contributed by atoms with Crippen LogP contribution in [0.3, 0.4) is 0 Å². The number of carbonyl (C=O) groups is 4. The maximum absolute atomic E-state index is 12.2. The van der Waals surface area contributed by atoms with Crippen LogP contribution in [0.2, 0.25) is 0 Å². The number of carboxylic acids is 1. The summed E-state index contributed by atoms with van der Waals surface area (Å²) < 4.78 is 5.13. The van der Waals surface area contributed by atoms with E-state index in [2.05, 4.69) is 10.6 Å². The first-order valence-electron chi connectivity index (χ1n) is 6.47. The van der Waals surface area contributed by atoms with Crippen molar-refractivity contribution in [3.8, 4) is 0 Å². The van der Waals surface area contributed by atoms with Gasteiger partial charge in [0, 0.05) is 0 Å². The Kier molecular flexibility index (Phi) is 3.86. The number of ether oxygens (including phenoxy) is 1. The van der Waals surface area contributed by atoms with Gasteiger partial charge in [0.2, 0.25) is 11.8 Å². The van der Waals surface area contributed by atoms with Crippen LogP contribution in [0.1, 0.15) is 13.8 Å². The van der Waals surface area contributed by atoms with Crippen molar-refractivity contribution >= 4 is 23.8 Å². The smallest absolute Gasteiger partial charge is 0.318 e. The molecule has 2 fully saturated rings. The number of carbonyl (C=O) groups excluding carboxylic acids is 3. The topological polar surface area (TPSA) is 125 Å². The van der Waals surface area contributed by atoms with Crippen LogP contribution in [-0.2, 0) is 19.1 Å². The highest BCUT2D eigenvalue weighted by Crippen LogP contribution is 2.29. The second-order valence-corrected chi connectivity index (χ2v) is 5.46. The molecule has 0 aliphatic carbocycles. The number of rotatable bonds is 2. The van der Waals surface area contributed by atoms with Gasteiger partial charge >= 0.3 is 12.0 Å². The van der Waals surface area contributed by atoms with Gasteiger partial charge in [-0.15, -0.1) is 0 Å². The summed E-state index contributed by atoms with van der Waals surface area (Å²) in [5, 5.41) is 13.9. The Balaban J connectivity index is 2.09. The summed E-state index contributed by atoms with van der Waals surface area (Å²) in [5.74, 6) is -2.22. The van der Waals surface area contributed by atoms with E-state index in [1.54, 1.807) is 0 Å². The number of imide groups is 1. The minimum atomic E-state index is -1.24. The van der Waals surface area contributed by atoms with E-state index in [0.717, 1.165) is 4.90 Å². The number of urea groups is 1. The highest BCUT2D eigenvalue weighted by atomic mass is 16.5. The van der Waals surface area contributed by atoms with Crippen LogP contribution in [0.25, 0.3) is 0 Å². The van der Waals surface area contributed by atoms with Crippen molar-refractivity contribution in [2.75, 3.05) is 19.8 Å². The van der Waals surface area contributed by atoms with E-state index in [0.29, 0.717) is 0 Å². The molecule has 0 saturated carbocycles. The van der Waals surface area contributed by atoms with Crippen molar-refractivity contribution in [2.24, 2.45) is 5.41 Å². The molecule has 0 bridgehead atoms.